The zero-order valence-corrected chi connectivity index (χ0v) is 27.8. The molecule has 2 aromatic carbocycles. The quantitative estimate of drug-likeness (QED) is 0.148. The molecule has 0 radical (unpaired) electrons. The number of halogens is 5. The molecular formula is C37H38F5N3O4. The number of carbonyl (C=O) groups is 2. The van der Waals surface area contributed by atoms with Crippen LogP contribution in [0.25, 0.3) is 11.1 Å². The van der Waals surface area contributed by atoms with Crippen molar-refractivity contribution in [2.45, 2.75) is 78.6 Å². The van der Waals surface area contributed by atoms with Gasteiger partial charge in [0.1, 0.15) is 17.7 Å². The molecule has 0 saturated heterocycles. The number of carbonyl (C=O) groups excluding carboxylic acids is 1. The number of rotatable bonds is 12. The summed E-state index contributed by atoms with van der Waals surface area (Å²) in [5, 5.41) is 12.4. The van der Waals surface area contributed by atoms with E-state index in [1.54, 1.807) is 52.0 Å². The Morgan fingerprint density at radius 2 is 1.63 bits per heavy atom. The van der Waals surface area contributed by atoms with Crippen molar-refractivity contribution in [1.82, 2.24) is 14.9 Å². The number of carboxylic acid groups (broad SMARTS) is 1. The highest BCUT2D eigenvalue weighted by Gasteiger charge is 2.36. The van der Waals surface area contributed by atoms with E-state index in [1.807, 2.05) is 0 Å². The fraction of sp³-hybridized carbons (Fsp3) is 0.351. The monoisotopic (exact) mass is 683 g/mol. The first kappa shape index (κ1) is 37.0. The van der Waals surface area contributed by atoms with Crippen LogP contribution in [0.2, 0.25) is 0 Å². The number of nitrogens with one attached hydrogen (secondary N) is 1. The summed E-state index contributed by atoms with van der Waals surface area (Å²) in [4.78, 5) is 43.4. The molecule has 7 nitrogen and oxygen atoms in total. The molecule has 0 saturated carbocycles. The Labute approximate surface area is 280 Å². The number of nitrogens with zero attached hydrogens (tertiary/aromatic N) is 2. The maximum atomic E-state index is 15.8. The summed E-state index contributed by atoms with van der Waals surface area (Å²) >= 11 is 0. The van der Waals surface area contributed by atoms with Gasteiger partial charge in [-0.25, -0.2) is 8.78 Å². The molecule has 4 aromatic rings. The number of amides is 1. The molecule has 0 fully saturated rings. The Kier molecular flexibility index (Phi) is 11.4. The molecule has 2 aromatic heterocycles. The summed E-state index contributed by atoms with van der Waals surface area (Å²) in [5.41, 5.74) is 0.323. The molecule has 2 heterocycles. The molecule has 0 aliphatic carbocycles. The van der Waals surface area contributed by atoms with E-state index < -0.39 is 59.3 Å². The Morgan fingerprint density at radius 1 is 0.959 bits per heavy atom. The maximum absolute atomic E-state index is 15.8. The van der Waals surface area contributed by atoms with E-state index in [0.29, 0.717) is 34.0 Å². The van der Waals surface area contributed by atoms with Crippen molar-refractivity contribution < 1.29 is 36.6 Å². The van der Waals surface area contributed by atoms with Crippen LogP contribution >= 0.6 is 0 Å². The zero-order chi connectivity index (χ0) is 36.2. The molecule has 2 unspecified atom stereocenters. The second kappa shape index (κ2) is 15.1. The van der Waals surface area contributed by atoms with Gasteiger partial charge in [0.05, 0.1) is 18.0 Å². The van der Waals surface area contributed by atoms with Gasteiger partial charge < -0.3 is 15.0 Å². The lowest BCUT2D eigenvalue weighted by Crippen LogP contribution is -2.40. The third-order valence-electron chi connectivity index (χ3n) is 8.32. The van der Waals surface area contributed by atoms with Crippen molar-refractivity contribution in [2.75, 3.05) is 0 Å². The number of pyridine rings is 2. The number of aromatic nitrogens is 2. The highest BCUT2D eigenvalue weighted by Crippen LogP contribution is 2.35. The molecule has 0 aliphatic heterocycles. The molecule has 260 valence electrons. The van der Waals surface area contributed by atoms with Crippen molar-refractivity contribution in [3.05, 3.63) is 122 Å². The van der Waals surface area contributed by atoms with E-state index in [-0.39, 0.29) is 41.9 Å². The van der Waals surface area contributed by atoms with Gasteiger partial charge in [0.15, 0.2) is 0 Å². The van der Waals surface area contributed by atoms with Crippen LogP contribution in [0.1, 0.15) is 77.8 Å². The van der Waals surface area contributed by atoms with Crippen LogP contribution in [0, 0.1) is 38.3 Å². The van der Waals surface area contributed by atoms with E-state index in [2.05, 4.69) is 10.3 Å². The molecule has 12 heteroatoms. The fourth-order valence-electron chi connectivity index (χ4n) is 6.14. The zero-order valence-electron chi connectivity index (χ0n) is 27.8. The second-order valence-electron chi connectivity index (χ2n) is 12.7. The van der Waals surface area contributed by atoms with Gasteiger partial charge in [0.25, 0.3) is 5.56 Å². The summed E-state index contributed by atoms with van der Waals surface area (Å²) in [6, 6.07) is 8.31. The van der Waals surface area contributed by atoms with Gasteiger partial charge in [0, 0.05) is 29.7 Å². The number of alkyl halides is 3. The molecule has 4 rings (SSSR count). The molecule has 2 N–H and O–H groups in total. The first-order chi connectivity index (χ1) is 23.0. The van der Waals surface area contributed by atoms with E-state index in [9.17, 15) is 37.1 Å². The Hall–Kier alpha value is -4.87. The standard InChI is InChI=1S/C37H38F5N3O4/c1-20(2)12-31(45-19-24(9-10-27-8-6-7-11-43-27)29(17-32(45)46)37(40,41)42)36(49)44-30(18-33(47)48)28-16-25(13-23(5)35(28)39)34-21(3)14-26(38)15-22(34)4/h6-8,11,13-17,19-20,30-31H,9-10,12,18H2,1-5H3,(H,44,49)(H,47,48). The molecular weight excluding hydrogens is 645 g/mol. The van der Waals surface area contributed by atoms with Crippen molar-refractivity contribution in [1.29, 1.82) is 0 Å². The molecule has 0 spiro atoms. The highest BCUT2D eigenvalue weighted by molar-refractivity contribution is 5.82. The number of aliphatic carboxylic acids is 1. The van der Waals surface area contributed by atoms with Crippen LogP contribution in [-0.2, 0) is 28.6 Å². The normalized spacial score (nSPS) is 13.0. The largest absolute Gasteiger partial charge is 0.481 e. The topological polar surface area (TPSA) is 101 Å². The third-order valence-corrected chi connectivity index (χ3v) is 8.32. The molecule has 0 aliphatic rings. The van der Waals surface area contributed by atoms with E-state index in [0.717, 1.165) is 10.8 Å². The minimum Gasteiger partial charge on any atom is -0.481 e. The Balaban J connectivity index is 1.79. The van der Waals surface area contributed by atoms with E-state index in [4.69, 9.17) is 0 Å². The summed E-state index contributed by atoms with van der Waals surface area (Å²) in [6.45, 7) is 8.36. The fourth-order valence-corrected chi connectivity index (χ4v) is 6.14. The van der Waals surface area contributed by atoms with Gasteiger partial charge in [0.2, 0.25) is 5.91 Å². The van der Waals surface area contributed by atoms with Crippen LogP contribution in [0.3, 0.4) is 0 Å². The van der Waals surface area contributed by atoms with Crippen molar-refractivity contribution in [3.8, 4) is 11.1 Å². The molecule has 0 bridgehead atoms. The molecule has 1 amide bonds. The van der Waals surface area contributed by atoms with E-state index >= 15 is 4.39 Å². The Bertz CT molecular complexity index is 1880. The number of benzene rings is 2. The first-order valence-corrected chi connectivity index (χ1v) is 15.8. The maximum Gasteiger partial charge on any atom is 0.416 e. The van der Waals surface area contributed by atoms with Crippen LogP contribution in [0.15, 0.2) is 65.7 Å². The number of hydrogen-bond acceptors (Lipinski definition) is 4. The van der Waals surface area contributed by atoms with Crippen LogP contribution in [0.4, 0.5) is 22.0 Å². The van der Waals surface area contributed by atoms with Crippen molar-refractivity contribution in [3.63, 3.8) is 0 Å². The molecule has 2 atom stereocenters. The predicted molar refractivity (Wildman–Crippen MR) is 175 cm³/mol. The lowest BCUT2D eigenvalue weighted by atomic mass is 9.90. The summed E-state index contributed by atoms with van der Waals surface area (Å²) < 4.78 is 73.0. The highest BCUT2D eigenvalue weighted by atomic mass is 19.4. The minimum atomic E-state index is -4.85. The average Bonchev–Trinajstić information content (AvgIpc) is 2.99. The molecule has 49 heavy (non-hydrogen) atoms. The summed E-state index contributed by atoms with van der Waals surface area (Å²) in [6.07, 6.45) is -3.04. The smallest absolute Gasteiger partial charge is 0.416 e. The van der Waals surface area contributed by atoms with Crippen LogP contribution < -0.4 is 10.9 Å². The number of hydrogen-bond donors (Lipinski definition) is 2. The lowest BCUT2D eigenvalue weighted by molar-refractivity contribution is -0.139. The third kappa shape index (κ3) is 8.98. The van der Waals surface area contributed by atoms with Crippen LogP contribution in [-0.4, -0.2) is 26.5 Å². The predicted octanol–water partition coefficient (Wildman–Crippen LogP) is 7.84. The second-order valence-corrected chi connectivity index (χ2v) is 12.7. The SMILES string of the molecule is Cc1cc(-c2c(C)cc(F)cc2C)cc(C(CC(=O)O)NC(=O)C(CC(C)C)n2cc(CCc3ccccn3)c(C(F)(F)F)cc2=O)c1F. The lowest BCUT2D eigenvalue weighted by Gasteiger charge is -2.27. The van der Waals surface area contributed by atoms with Gasteiger partial charge >= 0.3 is 12.1 Å². The van der Waals surface area contributed by atoms with E-state index in [1.165, 1.54) is 31.3 Å². The summed E-state index contributed by atoms with van der Waals surface area (Å²) in [5.74, 6) is -3.67. The van der Waals surface area contributed by atoms with Crippen molar-refractivity contribution in [2.24, 2.45) is 5.92 Å². The van der Waals surface area contributed by atoms with Gasteiger partial charge in [-0.2, -0.15) is 13.2 Å². The van der Waals surface area contributed by atoms with Gasteiger partial charge in [-0.3, -0.25) is 19.4 Å². The number of carboxylic acids is 1. The minimum absolute atomic E-state index is 0.00605. The number of aryl methyl sites for hydroxylation is 5. The summed E-state index contributed by atoms with van der Waals surface area (Å²) in [7, 11) is 0. The van der Waals surface area contributed by atoms with Gasteiger partial charge in [-0.05, 0) is 116 Å². The average molecular weight is 684 g/mol. The van der Waals surface area contributed by atoms with Gasteiger partial charge in [-0.15, -0.1) is 0 Å². The van der Waals surface area contributed by atoms with Crippen molar-refractivity contribution >= 4 is 11.9 Å². The van der Waals surface area contributed by atoms with Crippen LogP contribution in [0.5, 0.6) is 0 Å². The first-order valence-electron chi connectivity index (χ1n) is 15.8. The Morgan fingerprint density at radius 3 is 2.20 bits per heavy atom. The van der Waals surface area contributed by atoms with Gasteiger partial charge in [-0.1, -0.05) is 19.9 Å².